The Kier molecular flexibility index (Phi) is 8.23. The van der Waals surface area contributed by atoms with Crippen molar-refractivity contribution in [2.75, 3.05) is 49.5 Å². The molecule has 4 rings (SSSR count). The first kappa shape index (κ1) is 26.7. The molecule has 2 N–H and O–H groups in total. The third kappa shape index (κ3) is 5.52. The van der Waals surface area contributed by atoms with E-state index in [4.69, 9.17) is 5.26 Å². The van der Waals surface area contributed by atoms with Crippen molar-refractivity contribution in [3.8, 4) is 6.07 Å². The zero-order valence-corrected chi connectivity index (χ0v) is 22.6. The Labute approximate surface area is 220 Å². The highest BCUT2D eigenvalue weighted by Crippen LogP contribution is 2.41. The number of hydrogen-bond donors (Lipinski definition) is 2. The number of anilines is 2. The summed E-state index contributed by atoms with van der Waals surface area (Å²) >= 11 is 0. The van der Waals surface area contributed by atoms with Crippen LogP contribution in [0.1, 0.15) is 75.0 Å². The summed E-state index contributed by atoms with van der Waals surface area (Å²) in [6.07, 6.45) is 5.73. The topological polar surface area (TPSA) is 95.5 Å². The SMILES string of the molecule is CCC(CC)(c1ccc(NC(=O)c2cc(C#N)c[nH]2)c(N2CCC(C)CC2)c1)N1CCN(C(C)=O)CC1. The van der Waals surface area contributed by atoms with Crippen molar-refractivity contribution in [1.82, 2.24) is 14.8 Å². The normalized spacial score (nSPS) is 17.5. The molecule has 2 aromatic rings. The van der Waals surface area contributed by atoms with Crippen LogP contribution in [0, 0.1) is 17.2 Å². The molecule has 2 amide bonds. The number of H-pyrrole nitrogens is 1. The molecule has 0 spiro atoms. The van der Waals surface area contributed by atoms with Crippen molar-refractivity contribution in [3.05, 3.63) is 47.3 Å². The Balaban J connectivity index is 1.67. The van der Waals surface area contributed by atoms with Gasteiger partial charge in [0, 0.05) is 57.9 Å². The van der Waals surface area contributed by atoms with Crippen molar-refractivity contribution in [2.24, 2.45) is 5.92 Å². The lowest BCUT2D eigenvalue weighted by Crippen LogP contribution is -2.56. The summed E-state index contributed by atoms with van der Waals surface area (Å²) in [5.41, 5.74) is 3.78. The Morgan fingerprint density at radius 2 is 1.76 bits per heavy atom. The summed E-state index contributed by atoms with van der Waals surface area (Å²) < 4.78 is 0. The second-order valence-corrected chi connectivity index (χ2v) is 10.5. The van der Waals surface area contributed by atoms with Crippen LogP contribution in [0.4, 0.5) is 11.4 Å². The van der Waals surface area contributed by atoms with Gasteiger partial charge in [-0.2, -0.15) is 5.26 Å². The molecule has 2 aliphatic rings. The molecule has 0 radical (unpaired) electrons. The number of aromatic nitrogens is 1. The predicted octanol–water partition coefficient (Wildman–Crippen LogP) is 4.55. The number of nitrogens with zero attached hydrogens (tertiary/aromatic N) is 4. The molecule has 0 atom stereocenters. The summed E-state index contributed by atoms with van der Waals surface area (Å²) in [5.74, 6) is 0.589. The zero-order valence-electron chi connectivity index (χ0n) is 22.6. The summed E-state index contributed by atoms with van der Waals surface area (Å²) in [4.78, 5) is 34.7. The maximum Gasteiger partial charge on any atom is 0.272 e. The van der Waals surface area contributed by atoms with Gasteiger partial charge in [0.15, 0.2) is 0 Å². The Morgan fingerprint density at radius 1 is 1.08 bits per heavy atom. The molecule has 0 bridgehead atoms. The smallest absolute Gasteiger partial charge is 0.272 e. The average Bonchev–Trinajstić information content (AvgIpc) is 3.41. The number of carbonyl (C=O) groups is 2. The maximum absolute atomic E-state index is 13.0. The van der Waals surface area contributed by atoms with Crippen LogP contribution < -0.4 is 10.2 Å². The van der Waals surface area contributed by atoms with Gasteiger partial charge in [0.05, 0.1) is 16.9 Å². The van der Waals surface area contributed by atoms with Gasteiger partial charge in [-0.3, -0.25) is 14.5 Å². The van der Waals surface area contributed by atoms with E-state index in [9.17, 15) is 9.59 Å². The summed E-state index contributed by atoms with van der Waals surface area (Å²) in [5, 5.41) is 12.2. The van der Waals surface area contributed by atoms with Gasteiger partial charge in [0.25, 0.3) is 5.91 Å². The quantitative estimate of drug-likeness (QED) is 0.577. The molecule has 3 heterocycles. The van der Waals surface area contributed by atoms with Gasteiger partial charge in [-0.25, -0.2) is 0 Å². The molecule has 37 heavy (non-hydrogen) atoms. The minimum atomic E-state index is -0.251. The second kappa shape index (κ2) is 11.4. The molecule has 8 nitrogen and oxygen atoms in total. The van der Waals surface area contributed by atoms with Crippen LogP contribution in [0.3, 0.4) is 0 Å². The summed E-state index contributed by atoms with van der Waals surface area (Å²) in [7, 11) is 0. The van der Waals surface area contributed by atoms with Gasteiger partial charge in [-0.05, 0) is 55.4 Å². The molecule has 2 aliphatic heterocycles. The number of aromatic amines is 1. The molecular weight excluding hydrogens is 464 g/mol. The highest BCUT2D eigenvalue weighted by atomic mass is 16.2. The Hall–Kier alpha value is -3.31. The van der Waals surface area contributed by atoms with Crippen LogP contribution in [-0.2, 0) is 10.3 Å². The Morgan fingerprint density at radius 3 is 2.32 bits per heavy atom. The average molecular weight is 505 g/mol. The number of nitrogens with one attached hydrogen (secondary N) is 2. The van der Waals surface area contributed by atoms with Crippen LogP contribution in [0.2, 0.25) is 0 Å². The standard InChI is InChI=1S/C29H40N6O2/c1-5-29(6-2,35-15-13-33(14-16-35)22(4)36)24-7-8-25(27(18-24)34-11-9-21(3)10-12-34)32-28(37)26-17-23(19-30)20-31-26/h7-8,17-18,20-21,31H,5-6,9-16H2,1-4H3,(H,32,37). The van der Waals surface area contributed by atoms with Crippen LogP contribution in [-0.4, -0.2) is 65.9 Å². The van der Waals surface area contributed by atoms with Gasteiger partial charge in [-0.15, -0.1) is 0 Å². The van der Waals surface area contributed by atoms with Crippen LogP contribution in [0.25, 0.3) is 0 Å². The monoisotopic (exact) mass is 504 g/mol. The van der Waals surface area contributed by atoms with E-state index < -0.39 is 0 Å². The molecule has 2 saturated heterocycles. The number of nitriles is 1. The van der Waals surface area contributed by atoms with E-state index in [1.54, 1.807) is 19.2 Å². The van der Waals surface area contributed by atoms with Crippen molar-refractivity contribution >= 4 is 23.2 Å². The first-order chi connectivity index (χ1) is 17.8. The van der Waals surface area contributed by atoms with E-state index in [0.29, 0.717) is 17.2 Å². The molecule has 0 saturated carbocycles. The van der Waals surface area contributed by atoms with Gasteiger partial charge in [0.2, 0.25) is 5.91 Å². The van der Waals surface area contributed by atoms with E-state index in [0.717, 1.165) is 76.3 Å². The fraction of sp³-hybridized carbons (Fsp3) is 0.552. The first-order valence-corrected chi connectivity index (χ1v) is 13.6. The van der Waals surface area contributed by atoms with E-state index >= 15 is 0 Å². The molecule has 1 aromatic heterocycles. The minimum absolute atomic E-state index is 0.135. The number of benzene rings is 1. The molecule has 198 valence electrons. The van der Waals surface area contributed by atoms with Crippen molar-refractivity contribution in [3.63, 3.8) is 0 Å². The lowest BCUT2D eigenvalue weighted by molar-refractivity contribution is -0.131. The highest BCUT2D eigenvalue weighted by Gasteiger charge is 2.38. The van der Waals surface area contributed by atoms with E-state index in [1.807, 2.05) is 11.0 Å². The van der Waals surface area contributed by atoms with Crippen molar-refractivity contribution in [2.45, 2.75) is 58.9 Å². The van der Waals surface area contributed by atoms with E-state index in [1.165, 1.54) is 5.56 Å². The van der Waals surface area contributed by atoms with Crippen LogP contribution in [0.15, 0.2) is 30.5 Å². The number of hydrogen-bond acceptors (Lipinski definition) is 5. The maximum atomic E-state index is 13.0. The van der Waals surface area contributed by atoms with Gasteiger partial charge >= 0.3 is 0 Å². The first-order valence-electron chi connectivity index (χ1n) is 13.6. The lowest BCUT2D eigenvalue weighted by Gasteiger charge is -2.48. The van der Waals surface area contributed by atoms with Crippen LogP contribution in [0.5, 0.6) is 0 Å². The molecule has 8 heteroatoms. The fourth-order valence-corrected chi connectivity index (χ4v) is 5.95. The molecule has 0 aliphatic carbocycles. The molecule has 0 unspecified atom stereocenters. The fourth-order valence-electron chi connectivity index (χ4n) is 5.95. The van der Waals surface area contributed by atoms with Crippen LogP contribution >= 0.6 is 0 Å². The second-order valence-electron chi connectivity index (χ2n) is 10.5. The molecule has 2 fully saturated rings. The summed E-state index contributed by atoms with van der Waals surface area (Å²) in [6, 6.07) is 10.1. The van der Waals surface area contributed by atoms with Gasteiger partial charge in [0.1, 0.15) is 11.8 Å². The molecular formula is C29H40N6O2. The number of piperazine rings is 1. The largest absolute Gasteiger partial charge is 0.370 e. The number of rotatable bonds is 7. The van der Waals surface area contributed by atoms with E-state index in [2.05, 4.69) is 59.1 Å². The third-order valence-electron chi connectivity index (χ3n) is 8.46. The summed E-state index contributed by atoms with van der Waals surface area (Å²) in [6.45, 7) is 13.6. The van der Waals surface area contributed by atoms with Gasteiger partial charge in [-0.1, -0.05) is 26.8 Å². The van der Waals surface area contributed by atoms with Crippen molar-refractivity contribution in [1.29, 1.82) is 5.26 Å². The molecule has 1 aromatic carbocycles. The lowest BCUT2D eigenvalue weighted by atomic mass is 9.81. The van der Waals surface area contributed by atoms with E-state index in [-0.39, 0.29) is 17.4 Å². The number of amides is 2. The number of carbonyl (C=O) groups excluding carboxylic acids is 2. The highest BCUT2D eigenvalue weighted by molar-refractivity contribution is 6.05. The third-order valence-corrected chi connectivity index (χ3v) is 8.46. The Bertz CT molecular complexity index is 1150. The minimum Gasteiger partial charge on any atom is -0.370 e. The zero-order chi connectivity index (χ0) is 26.6. The van der Waals surface area contributed by atoms with Crippen molar-refractivity contribution < 1.29 is 9.59 Å². The number of piperidine rings is 1. The predicted molar refractivity (Wildman–Crippen MR) is 147 cm³/mol. The van der Waals surface area contributed by atoms with Gasteiger partial charge < -0.3 is 20.1 Å².